The maximum Gasteiger partial charge on any atom is 0.161 e. The molecule has 49 heavy (non-hydrogen) atoms. The van der Waals surface area contributed by atoms with Crippen LogP contribution in [0, 0.1) is 42.3 Å². The molecule has 0 aromatic heterocycles. The molecule has 6 aliphatic rings. The fourth-order valence-corrected chi connectivity index (χ4v) is 5.65. The van der Waals surface area contributed by atoms with Gasteiger partial charge in [0.2, 0.25) is 0 Å². The van der Waals surface area contributed by atoms with Crippen molar-refractivity contribution in [3.8, 4) is 0 Å². The van der Waals surface area contributed by atoms with Crippen molar-refractivity contribution in [2.75, 3.05) is 59.3 Å². The van der Waals surface area contributed by atoms with Gasteiger partial charge in [0.25, 0.3) is 0 Å². The highest BCUT2D eigenvalue weighted by Crippen LogP contribution is 2.05. The minimum atomic E-state index is 0.679. The Labute approximate surface area is 303 Å². The predicted molar refractivity (Wildman–Crippen MR) is 203 cm³/mol. The topological polar surface area (TPSA) is 45.1 Å². The minimum absolute atomic E-state index is 0.679. The Bertz CT molecular complexity index is 920. The summed E-state index contributed by atoms with van der Waals surface area (Å²) >= 11 is 0. The van der Waals surface area contributed by atoms with Crippen LogP contribution in [0.3, 0.4) is 0 Å². The standard InChI is InChI=1S/C8H15N.C7H13NO.2C7H13N.C6H11NO.C6H11N/c1-8-6-4-3-5-7-9(8)2;1-7-3-5-9-6-4-8(7)2;2*1-7-5-3-4-6-8(7)2;1-6-3-4-8-5-7(6)2;1-6-4-3-5-7(6)2/h9H,1-7H2;8H,1-6H2;2*8H,1-6H2;7H,1-5H2;7H,1-5H2. The first-order chi connectivity index (χ1) is 23.3. The van der Waals surface area contributed by atoms with E-state index in [1.165, 1.54) is 146 Å². The number of quaternary nitrogens is 6. The van der Waals surface area contributed by atoms with Crippen LogP contribution in [0.25, 0.3) is 0 Å². The molecule has 0 aliphatic carbocycles. The summed E-state index contributed by atoms with van der Waals surface area (Å²) in [7, 11) is 23.2. The molecule has 6 N–H and O–H groups in total. The Balaban J connectivity index is 0.000000294. The molecule has 282 valence electrons. The smallest absolute Gasteiger partial charge is 0.161 e. The Morgan fingerprint density at radius 1 is 0.327 bits per heavy atom. The molecule has 8 nitrogen and oxygen atoms in total. The van der Waals surface area contributed by atoms with E-state index in [2.05, 4.69) is 81.8 Å². The maximum atomic E-state index is 5.21. The zero-order chi connectivity index (χ0) is 36.6. The molecule has 8 heteroatoms. The van der Waals surface area contributed by atoms with Crippen molar-refractivity contribution >= 4 is 0 Å². The molecule has 0 aromatic carbocycles. The Morgan fingerprint density at radius 3 is 1.06 bits per heavy atom. The average Bonchev–Trinajstić information content (AvgIpc) is 3.22. The van der Waals surface area contributed by atoms with Crippen LogP contribution in [0.2, 0.25) is 0 Å². The van der Waals surface area contributed by atoms with Crippen molar-refractivity contribution in [3.05, 3.63) is 116 Å². The number of rotatable bonds is 0. The van der Waals surface area contributed by atoms with Gasteiger partial charge < -0.3 is 38.9 Å². The van der Waals surface area contributed by atoms with Crippen molar-refractivity contribution < 1.29 is 38.9 Å². The summed E-state index contributed by atoms with van der Waals surface area (Å²) in [6.45, 7) is 32.1. The molecule has 6 unspecified atom stereocenters. The van der Waals surface area contributed by atoms with Crippen LogP contribution < -0.4 is 29.4 Å². The fourth-order valence-electron chi connectivity index (χ4n) is 5.65. The molecule has 6 fully saturated rings. The van der Waals surface area contributed by atoms with Crippen LogP contribution in [0.5, 0.6) is 0 Å². The monoisotopic (exact) mass is 685 g/mol. The summed E-state index contributed by atoms with van der Waals surface area (Å²) in [5.74, 6) is 0. The van der Waals surface area contributed by atoms with E-state index < -0.39 is 0 Å². The van der Waals surface area contributed by atoms with Crippen molar-refractivity contribution in [1.82, 2.24) is 0 Å². The van der Waals surface area contributed by atoms with Gasteiger partial charge in [-0.2, -0.15) is 0 Å². The van der Waals surface area contributed by atoms with E-state index in [4.69, 9.17) is 9.47 Å². The van der Waals surface area contributed by atoms with E-state index in [1.54, 1.807) is 0 Å². The number of likely N-dealkylation sites (tertiary alicyclic amines) is 4. The van der Waals surface area contributed by atoms with Crippen LogP contribution in [0.1, 0.15) is 89.9 Å². The fraction of sp³-hybridized carbons (Fsp3) is 0.561. The highest BCUT2D eigenvalue weighted by molar-refractivity contribution is 4.84. The number of hydrogen-bond donors (Lipinski definition) is 6. The molecule has 6 saturated heterocycles. The van der Waals surface area contributed by atoms with E-state index in [0.29, 0.717) is 6.73 Å². The minimum Gasteiger partial charge on any atom is -0.439 e. The number of allylic oxidation sites excluding steroid dienone is 4. The predicted octanol–water partition coefficient (Wildman–Crippen LogP) is 0.593. The first-order valence-corrected chi connectivity index (χ1v) is 18.6. The van der Waals surface area contributed by atoms with Crippen molar-refractivity contribution in [3.63, 3.8) is 0 Å². The molecule has 0 spiro atoms. The van der Waals surface area contributed by atoms with Gasteiger partial charge in [-0.1, -0.05) is 0 Å². The molecule has 0 amide bonds. The largest absolute Gasteiger partial charge is 0.439 e. The lowest BCUT2D eigenvalue weighted by molar-refractivity contribution is -0.844. The molecule has 6 rings (SSSR count). The zero-order valence-electron chi connectivity index (χ0n) is 31.6. The molecule has 0 aromatic rings. The van der Waals surface area contributed by atoms with E-state index in [9.17, 15) is 0 Å². The Hall–Kier alpha value is -1.88. The van der Waals surface area contributed by atoms with Crippen LogP contribution >= 0.6 is 0 Å². The number of ether oxygens (including phenoxy) is 2. The van der Waals surface area contributed by atoms with Gasteiger partial charge >= 0.3 is 0 Å². The first-order valence-electron chi connectivity index (χ1n) is 18.6. The lowest BCUT2D eigenvalue weighted by Crippen LogP contribution is -3.06. The second kappa shape index (κ2) is 26.9. The normalized spacial score (nSPS) is 30.5. The summed E-state index contributed by atoms with van der Waals surface area (Å²) < 4.78 is 10.3. The Kier molecular flexibility index (Phi) is 24.7. The number of hydrogen-bond acceptors (Lipinski definition) is 2. The molecule has 0 radical (unpaired) electrons. The molecule has 6 aliphatic heterocycles. The van der Waals surface area contributed by atoms with Crippen molar-refractivity contribution in [2.24, 2.45) is 0 Å². The molecular formula is C41H76N6O2. The summed E-state index contributed by atoms with van der Waals surface area (Å²) in [6.07, 6.45) is 17.2. The van der Waals surface area contributed by atoms with Crippen LogP contribution in [0.4, 0.5) is 0 Å². The highest BCUT2D eigenvalue weighted by atomic mass is 16.5. The third-order valence-electron chi connectivity index (χ3n) is 9.75. The van der Waals surface area contributed by atoms with Gasteiger partial charge in [0, 0.05) is 44.9 Å². The van der Waals surface area contributed by atoms with Crippen LogP contribution in [-0.4, -0.2) is 59.3 Å². The van der Waals surface area contributed by atoms with Gasteiger partial charge in [-0.15, -0.1) is 42.3 Å². The summed E-state index contributed by atoms with van der Waals surface area (Å²) in [4.78, 5) is 7.31. The second-order valence-corrected chi connectivity index (χ2v) is 14.0. The Morgan fingerprint density at radius 2 is 0.653 bits per heavy atom. The van der Waals surface area contributed by atoms with E-state index >= 15 is 0 Å². The third kappa shape index (κ3) is 21.2. The molecule has 0 bridgehead atoms. The van der Waals surface area contributed by atoms with Gasteiger partial charge in [0.1, 0.15) is 0 Å². The molecular weight excluding hydrogens is 608 g/mol. The lowest BCUT2D eigenvalue weighted by Gasteiger charge is -2.26. The van der Waals surface area contributed by atoms with Gasteiger partial charge in [0.05, 0.1) is 86.7 Å². The van der Waals surface area contributed by atoms with Crippen LogP contribution in [0.15, 0.2) is 73.7 Å². The van der Waals surface area contributed by atoms with E-state index in [0.717, 1.165) is 60.4 Å². The lowest BCUT2D eigenvalue weighted by atomic mass is 10.1. The summed E-state index contributed by atoms with van der Waals surface area (Å²) in [6, 6.07) is 0. The van der Waals surface area contributed by atoms with Crippen molar-refractivity contribution in [2.45, 2.75) is 89.9 Å². The van der Waals surface area contributed by atoms with Gasteiger partial charge in [-0.05, 0) is 84.4 Å². The SMILES string of the molecule is C=C1CCCCC[NH+]1[CH2-].C=C1CCCC[NH+]1[CH2-].C=C1CCCC[NH+]1[CH2-].C=C1CCC[NH+]1[CH2-].C=C1CCOCC[NH+]1[CH2-].C=C1CCOC[NH+]1[CH2-]. The maximum absolute atomic E-state index is 5.21. The van der Waals surface area contributed by atoms with Gasteiger partial charge in [-0.25, -0.2) is 0 Å². The summed E-state index contributed by atoms with van der Waals surface area (Å²) in [5, 5.41) is 0. The first kappa shape index (κ1) is 45.1. The van der Waals surface area contributed by atoms with Gasteiger partial charge in [-0.3, -0.25) is 0 Å². The average molecular weight is 685 g/mol. The molecule has 0 saturated carbocycles. The summed E-state index contributed by atoms with van der Waals surface area (Å²) in [5.41, 5.74) is 7.41. The van der Waals surface area contributed by atoms with Gasteiger partial charge in [0.15, 0.2) is 6.73 Å². The van der Waals surface area contributed by atoms with Crippen molar-refractivity contribution in [1.29, 1.82) is 0 Å². The van der Waals surface area contributed by atoms with E-state index in [1.807, 2.05) is 0 Å². The third-order valence-corrected chi connectivity index (χ3v) is 9.75. The second-order valence-electron chi connectivity index (χ2n) is 14.0. The quantitative estimate of drug-likeness (QED) is 0.212. The molecule has 6 heterocycles. The molecule has 6 atom stereocenters. The highest BCUT2D eigenvalue weighted by Gasteiger charge is 2.11. The van der Waals surface area contributed by atoms with Crippen LogP contribution in [-0.2, 0) is 9.47 Å². The zero-order valence-corrected chi connectivity index (χ0v) is 31.6. The van der Waals surface area contributed by atoms with E-state index in [-0.39, 0.29) is 0 Å². The number of piperidine rings is 2. The number of nitrogens with one attached hydrogen (secondary N) is 6.